The zero-order valence-electron chi connectivity index (χ0n) is 10.5. The van der Waals surface area contributed by atoms with E-state index in [1.165, 1.54) is 32.1 Å². The molecule has 1 unspecified atom stereocenters. The van der Waals surface area contributed by atoms with Crippen LogP contribution in [0.5, 0.6) is 0 Å². The third-order valence-electron chi connectivity index (χ3n) is 3.72. The summed E-state index contributed by atoms with van der Waals surface area (Å²) in [5, 5.41) is 3.49. The Kier molecular flexibility index (Phi) is 4.18. The topological polar surface area (TPSA) is 63.8 Å². The number of nitrogens with two attached hydrogens (primary N) is 1. The van der Waals surface area contributed by atoms with Crippen LogP contribution in [0.25, 0.3) is 0 Å². The lowest BCUT2D eigenvalue weighted by atomic mass is 9.83. The number of rotatable bonds is 4. The van der Waals surface area contributed by atoms with Crippen LogP contribution in [-0.2, 0) is 0 Å². The van der Waals surface area contributed by atoms with Crippen molar-refractivity contribution in [2.24, 2.45) is 5.92 Å². The first-order chi connectivity index (χ1) is 8.31. The maximum absolute atomic E-state index is 5.87. The average molecular weight is 234 g/mol. The fourth-order valence-electron chi connectivity index (χ4n) is 2.73. The van der Waals surface area contributed by atoms with E-state index < -0.39 is 0 Å². The lowest BCUT2D eigenvalue weighted by Gasteiger charge is -2.30. The van der Waals surface area contributed by atoms with Crippen molar-refractivity contribution in [2.45, 2.75) is 51.5 Å². The molecule has 3 N–H and O–H groups in total. The standard InChI is InChI=1S/C13H22N4/c1-2-12(10-6-4-3-5-7-10)17-13-11(14)8-15-9-16-13/h8-10,12H,2-7,14H2,1H3,(H,15,16,17). The normalized spacial score (nSPS) is 18.9. The Morgan fingerprint density at radius 1 is 1.41 bits per heavy atom. The van der Waals surface area contributed by atoms with Crippen LogP contribution in [0, 0.1) is 5.92 Å². The van der Waals surface area contributed by atoms with Crippen molar-refractivity contribution in [2.75, 3.05) is 11.1 Å². The van der Waals surface area contributed by atoms with Gasteiger partial charge in [-0.1, -0.05) is 26.2 Å². The Hall–Kier alpha value is -1.32. The van der Waals surface area contributed by atoms with Crippen LogP contribution in [0.3, 0.4) is 0 Å². The molecule has 1 atom stereocenters. The summed E-state index contributed by atoms with van der Waals surface area (Å²) in [4.78, 5) is 8.13. The molecule has 0 aromatic carbocycles. The Morgan fingerprint density at radius 3 is 2.82 bits per heavy atom. The molecule has 4 nitrogen and oxygen atoms in total. The maximum Gasteiger partial charge on any atom is 0.152 e. The third-order valence-corrected chi connectivity index (χ3v) is 3.72. The molecular weight excluding hydrogens is 212 g/mol. The van der Waals surface area contributed by atoms with Gasteiger partial charge in [-0.25, -0.2) is 9.97 Å². The minimum Gasteiger partial charge on any atom is -0.394 e. The minimum absolute atomic E-state index is 0.493. The second-order valence-electron chi connectivity index (χ2n) is 4.88. The van der Waals surface area contributed by atoms with E-state index in [4.69, 9.17) is 5.73 Å². The predicted molar refractivity (Wildman–Crippen MR) is 70.7 cm³/mol. The van der Waals surface area contributed by atoms with Gasteiger partial charge in [0.15, 0.2) is 5.82 Å². The van der Waals surface area contributed by atoms with Crippen molar-refractivity contribution in [1.82, 2.24) is 9.97 Å². The summed E-state index contributed by atoms with van der Waals surface area (Å²) in [7, 11) is 0. The number of anilines is 2. The van der Waals surface area contributed by atoms with Crippen molar-refractivity contribution in [3.8, 4) is 0 Å². The van der Waals surface area contributed by atoms with Crippen LogP contribution in [0.1, 0.15) is 45.4 Å². The van der Waals surface area contributed by atoms with E-state index in [0.29, 0.717) is 11.7 Å². The molecule has 0 saturated heterocycles. The Balaban J connectivity index is 2.01. The van der Waals surface area contributed by atoms with Gasteiger partial charge >= 0.3 is 0 Å². The zero-order valence-corrected chi connectivity index (χ0v) is 10.5. The fraction of sp³-hybridized carbons (Fsp3) is 0.692. The Morgan fingerprint density at radius 2 is 2.18 bits per heavy atom. The quantitative estimate of drug-likeness (QED) is 0.840. The van der Waals surface area contributed by atoms with E-state index in [2.05, 4.69) is 22.2 Å². The predicted octanol–water partition coefficient (Wildman–Crippen LogP) is 2.83. The van der Waals surface area contributed by atoms with Crippen LogP contribution >= 0.6 is 0 Å². The molecule has 2 rings (SSSR count). The van der Waals surface area contributed by atoms with Gasteiger partial charge in [0, 0.05) is 6.04 Å². The van der Waals surface area contributed by atoms with Gasteiger partial charge in [0.05, 0.1) is 11.9 Å². The second kappa shape index (κ2) is 5.84. The molecule has 4 heteroatoms. The lowest BCUT2D eigenvalue weighted by Crippen LogP contribution is -2.30. The van der Waals surface area contributed by atoms with E-state index in [1.54, 1.807) is 12.5 Å². The zero-order chi connectivity index (χ0) is 12.1. The number of nitrogens with zero attached hydrogens (tertiary/aromatic N) is 2. The molecule has 1 saturated carbocycles. The lowest BCUT2D eigenvalue weighted by molar-refractivity contribution is 0.312. The highest BCUT2D eigenvalue weighted by Crippen LogP contribution is 2.29. The van der Waals surface area contributed by atoms with E-state index in [-0.39, 0.29) is 0 Å². The summed E-state index contributed by atoms with van der Waals surface area (Å²) in [5.41, 5.74) is 6.51. The first kappa shape index (κ1) is 12.1. The van der Waals surface area contributed by atoms with E-state index >= 15 is 0 Å². The molecule has 1 aliphatic carbocycles. The average Bonchev–Trinajstić information content (AvgIpc) is 2.39. The monoisotopic (exact) mass is 234 g/mol. The summed E-state index contributed by atoms with van der Waals surface area (Å²) in [5.74, 6) is 1.56. The SMILES string of the molecule is CCC(Nc1ncncc1N)C1CCCCC1. The van der Waals surface area contributed by atoms with Crippen molar-refractivity contribution < 1.29 is 0 Å². The third kappa shape index (κ3) is 3.08. The molecule has 94 valence electrons. The highest BCUT2D eigenvalue weighted by molar-refractivity contribution is 5.59. The summed E-state index contributed by atoms with van der Waals surface area (Å²) >= 11 is 0. The maximum atomic E-state index is 5.87. The highest BCUT2D eigenvalue weighted by Gasteiger charge is 2.22. The molecule has 0 amide bonds. The first-order valence-corrected chi connectivity index (χ1v) is 6.63. The van der Waals surface area contributed by atoms with Crippen LogP contribution in [-0.4, -0.2) is 16.0 Å². The number of nitrogen functional groups attached to an aromatic ring is 1. The van der Waals surface area contributed by atoms with Crippen LogP contribution in [0.15, 0.2) is 12.5 Å². The summed E-state index contributed by atoms with van der Waals surface area (Å²) in [6.45, 7) is 2.23. The molecule has 0 spiro atoms. The molecule has 1 aromatic heterocycles. The van der Waals surface area contributed by atoms with Crippen molar-refractivity contribution in [1.29, 1.82) is 0 Å². The van der Waals surface area contributed by atoms with Crippen LogP contribution in [0.4, 0.5) is 11.5 Å². The van der Waals surface area contributed by atoms with Crippen molar-refractivity contribution in [3.05, 3.63) is 12.5 Å². The van der Waals surface area contributed by atoms with Gasteiger partial charge in [0.1, 0.15) is 6.33 Å². The molecular formula is C13H22N4. The molecule has 1 fully saturated rings. The van der Waals surface area contributed by atoms with Gasteiger partial charge in [0.2, 0.25) is 0 Å². The fourth-order valence-corrected chi connectivity index (χ4v) is 2.73. The van der Waals surface area contributed by atoms with Gasteiger partial charge in [-0.05, 0) is 25.2 Å². The van der Waals surface area contributed by atoms with E-state index in [0.717, 1.165) is 18.2 Å². The molecule has 17 heavy (non-hydrogen) atoms. The van der Waals surface area contributed by atoms with E-state index in [9.17, 15) is 0 Å². The minimum atomic E-state index is 0.493. The van der Waals surface area contributed by atoms with Gasteiger partial charge < -0.3 is 11.1 Å². The number of aromatic nitrogens is 2. The van der Waals surface area contributed by atoms with Crippen LogP contribution < -0.4 is 11.1 Å². The molecule has 0 radical (unpaired) electrons. The molecule has 1 aliphatic rings. The van der Waals surface area contributed by atoms with E-state index in [1.807, 2.05) is 0 Å². The van der Waals surface area contributed by atoms with Crippen molar-refractivity contribution in [3.63, 3.8) is 0 Å². The molecule has 0 aliphatic heterocycles. The van der Waals surface area contributed by atoms with Gasteiger partial charge in [0.25, 0.3) is 0 Å². The first-order valence-electron chi connectivity index (χ1n) is 6.63. The Bertz CT molecular complexity index is 347. The molecule has 1 aromatic rings. The second-order valence-corrected chi connectivity index (χ2v) is 4.88. The molecule has 0 bridgehead atoms. The summed E-state index contributed by atoms with van der Waals surface area (Å²) in [6.07, 6.45) is 11.1. The number of hydrogen-bond acceptors (Lipinski definition) is 4. The largest absolute Gasteiger partial charge is 0.394 e. The number of hydrogen-bond donors (Lipinski definition) is 2. The highest BCUT2D eigenvalue weighted by atomic mass is 15.1. The van der Waals surface area contributed by atoms with Crippen LogP contribution in [0.2, 0.25) is 0 Å². The van der Waals surface area contributed by atoms with Gasteiger partial charge in [-0.15, -0.1) is 0 Å². The van der Waals surface area contributed by atoms with Gasteiger partial charge in [-0.2, -0.15) is 0 Å². The number of nitrogens with one attached hydrogen (secondary N) is 1. The smallest absolute Gasteiger partial charge is 0.152 e. The van der Waals surface area contributed by atoms with Gasteiger partial charge in [-0.3, -0.25) is 0 Å². The van der Waals surface area contributed by atoms with Crippen molar-refractivity contribution >= 4 is 11.5 Å². The summed E-state index contributed by atoms with van der Waals surface area (Å²) in [6, 6.07) is 0.493. The molecule has 1 heterocycles. The Labute approximate surface area is 103 Å². The summed E-state index contributed by atoms with van der Waals surface area (Å²) < 4.78 is 0.